The minimum absolute atomic E-state index is 0.173. The third kappa shape index (κ3) is 5.31. The highest BCUT2D eigenvalue weighted by atomic mass is 16.3. The highest BCUT2D eigenvalue weighted by Crippen LogP contribution is 2.07. The van der Waals surface area contributed by atoms with Gasteiger partial charge in [-0.3, -0.25) is 0 Å². The van der Waals surface area contributed by atoms with Crippen molar-refractivity contribution >= 4 is 0 Å². The smallest absolute Gasteiger partial charge is 0.0587 e. The Morgan fingerprint density at radius 1 is 1.11 bits per heavy atom. The number of rotatable bonds is 7. The minimum Gasteiger partial charge on any atom is -0.395 e. The molecule has 3 heteroatoms. The van der Waals surface area contributed by atoms with Crippen molar-refractivity contribution in [3.8, 4) is 0 Å². The summed E-state index contributed by atoms with van der Waals surface area (Å²) in [6.45, 7) is 4.76. The Morgan fingerprint density at radius 2 is 1.84 bits per heavy atom. The summed E-state index contributed by atoms with van der Waals surface area (Å²) in [4.78, 5) is 2.52. The van der Waals surface area contributed by atoms with Crippen molar-refractivity contribution in [3.05, 3.63) is 35.9 Å². The van der Waals surface area contributed by atoms with Crippen LogP contribution in [0, 0.1) is 0 Å². The maximum absolute atomic E-state index is 9.45. The highest BCUT2D eigenvalue weighted by molar-refractivity contribution is 5.15. The molecule has 19 heavy (non-hydrogen) atoms. The van der Waals surface area contributed by atoms with Crippen LogP contribution in [0.1, 0.15) is 24.8 Å². The van der Waals surface area contributed by atoms with Crippen LogP contribution >= 0.6 is 0 Å². The second-order valence-electron chi connectivity index (χ2n) is 5.43. The minimum atomic E-state index is 0.173. The van der Waals surface area contributed by atoms with Gasteiger partial charge in [0.2, 0.25) is 0 Å². The third-order valence-corrected chi connectivity index (χ3v) is 3.86. The second-order valence-corrected chi connectivity index (χ2v) is 5.43. The molecule has 1 unspecified atom stereocenters. The third-order valence-electron chi connectivity index (χ3n) is 3.86. The maximum atomic E-state index is 9.45. The van der Waals surface area contributed by atoms with Crippen molar-refractivity contribution in [1.82, 2.24) is 10.2 Å². The maximum Gasteiger partial charge on any atom is 0.0587 e. The summed E-state index contributed by atoms with van der Waals surface area (Å²) in [7, 11) is 0. The Balaban J connectivity index is 1.67. The second kappa shape index (κ2) is 8.31. The van der Waals surface area contributed by atoms with Gasteiger partial charge in [0, 0.05) is 19.1 Å². The van der Waals surface area contributed by atoms with Crippen molar-refractivity contribution in [2.24, 2.45) is 0 Å². The molecule has 1 fully saturated rings. The summed E-state index contributed by atoms with van der Waals surface area (Å²) in [6, 6.07) is 10.5. The number of nitrogens with one attached hydrogen (secondary N) is 1. The van der Waals surface area contributed by atoms with Gasteiger partial charge in [-0.1, -0.05) is 36.8 Å². The zero-order valence-corrected chi connectivity index (χ0v) is 11.7. The van der Waals surface area contributed by atoms with E-state index in [4.69, 9.17) is 0 Å². The van der Waals surface area contributed by atoms with Crippen LogP contribution in [0.15, 0.2) is 30.3 Å². The van der Waals surface area contributed by atoms with Gasteiger partial charge in [-0.05, 0) is 37.9 Å². The first-order valence-corrected chi connectivity index (χ1v) is 7.49. The average molecular weight is 262 g/mol. The number of hydrogen-bond donors (Lipinski definition) is 2. The van der Waals surface area contributed by atoms with E-state index in [0.717, 1.165) is 19.5 Å². The fourth-order valence-corrected chi connectivity index (χ4v) is 2.71. The average Bonchev–Trinajstić information content (AvgIpc) is 2.48. The van der Waals surface area contributed by atoms with Gasteiger partial charge in [-0.2, -0.15) is 0 Å². The number of hydrogen-bond acceptors (Lipinski definition) is 3. The van der Waals surface area contributed by atoms with E-state index >= 15 is 0 Å². The van der Waals surface area contributed by atoms with Gasteiger partial charge in [0.15, 0.2) is 0 Å². The Bertz CT molecular complexity index is 336. The lowest BCUT2D eigenvalue weighted by atomic mass is 10.1. The molecular formula is C16H26N2O. The van der Waals surface area contributed by atoms with Crippen LogP contribution < -0.4 is 5.32 Å². The fourth-order valence-electron chi connectivity index (χ4n) is 2.71. The van der Waals surface area contributed by atoms with Crippen LogP contribution in [0.5, 0.6) is 0 Å². The van der Waals surface area contributed by atoms with Gasteiger partial charge in [-0.15, -0.1) is 0 Å². The van der Waals surface area contributed by atoms with Crippen molar-refractivity contribution in [1.29, 1.82) is 0 Å². The quantitative estimate of drug-likeness (QED) is 0.784. The first kappa shape index (κ1) is 14.5. The van der Waals surface area contributed by atoms with Crippen molar-refractivity contribution in [2.45, 2.75) is 31.7 Å². The van der Waals surface area contributed by atoms with Gasteiger partial charge >= 0.3 is 0 Å². The monoisotopic (exact) mass is 262 g/mol. The molecule has 1 aromatic rings. The molecule has 1 heterocycles. The molecule has 0 radical (unpaired) electrons. The number of likely N-dealkylation sites (tertiary alicyclic amines) is 1. The van der Waals surface area contributed by atoms with Crippen LogP contribution in [0.25, 0.3) is 0 Å². The van der Waals surface area contributed by atoms with Crippen LogP contribution in [0.4, 0.5) is 0 Å². The first-order valence-electron chi connectivity index (χ1n) is 7.49. The Kier molecular flexibility index (Phi) is 6.34. The topological polar surface area (TPSA) is 35.5 Å². The first-order chi connectivity index (χ1) is 9.38. The number of aliphatic hydroxyl groups excluding tert-OH is 1. The Labute approximate surface area is 116 Å². The van der Waals surface area contributed by atoms with E-state index < -0.39 is 0 Å². The molecule has 0 spiro atoms. The predicted octanol–water partition coefficient (Wildman–Crippen LogP) is 1.67. The van der Waals surface area contributed by atoms with E-state index in [9.17, 15) is 5.11 Å². The van der Waals surface area contributed by atoms with E-state index in [-0.39, 0.29) is 12.6 Å². The van der Waals surface area contributed by atoms with Crippen molar-refractivity contribution in [2.75, 3.05) is 32.8 Å². The summed E-state index contributed by atoms with van der Waals surface area (Å²) in [5.41, 5.74) is 1.28. The van der Waals surface area contributed by atoms with Crippen LogP contribution in [-0.2, 0) is 6.42 Å². The SMILES string of the molecule is OCC(Cc1ccccc1)NCCN1CCCCC1. The molecular weight excluding hydrogens is 236 g/mol. The molecule has 0 amide bonds. The molecule has 1 aliphatic rings. The van der Waals surface area contributed by atoms with E-state index in [0.29, 0.717) is 0 Å². The summed E-state index contributed by atoms with van der Waals surface area (Å²) >= 11 is 0. The molecule has 3 nitrogen and oxygen atoms in total. The Morgan fingerprint density at radius 3 is 2.53 bits per heavy atom. The van der Waals surface area contributed by atoms with Gasteiger partial charge < -0.3 is 15.3 Å². The summed E-state index contributed by atoms with van der Waals surface area (Å²) in [5, 5.41) is 12.9. The molecule has 0 saturated carbocycles. The van der Waals surface area contributed by atoms with Gasteiger partial charge in [-0.25, -0.2) is 0 Å². The van der Waals surface area contributed by atoms with E-state index in [1.165, 1.54) is 37.9 Å². The standard InChI is InChI=1S/C16H26N2O/c19-14-16(13-15-7-3-1-4-8-15)17-9-12-18-10-5-2-6-11-18/h1,3-4,7-8,16-17,19H,2,5-6,9-14H2. The van der Waals surface area contributed by atoms with Gasteiger partial charge in [0.25, 0.3) is 0 Å². The Hall–Kier alpha value is -0.900. The highest BCUT2D eigenvalue weighted by Gasteiger charge is 2.11. The predicted molar refractivity (Wildman–Crippen MR) is 79.3 cm³/mol. The molecule has 2 rings (SSSR count). The molecule has 0 aliphatic carbocycles. The molecule has 1 aliphatic heterocycles. The summed E-state index contributed by atoms with van der Waals surface area (Å²) in [6.07, 6.45) is 4.97. The molecule has 1 saturated heterocycles. The van der Waals surface area contributed by atoms with E-state index in [1.54, 1.807) is 0 Å². The molecule has 1 aromatic carbocycles. The molecule has 0 aromatic heterocycles. The summed E-state index contributed by atoms with van der Waals surface area (Å²) < 4.78 is 0. The van der Waals surface area contributed by atoms with Crippen LogP contribution in [0.2, 0.25) is 0 Å². The molecule has 2 N–H and O–H groups in total. The lowest BCUT2D eigenvalue weighted by Gasteiger charge is -2.27. The van der Waals surface area contributed by atoms with Crippen molar-refractivity contribution < 1.29 is 5.11 Å². The van der Waals surface area contributed by atoms with Gasteiger partial charge in [0.1, 0.15) is 0 Å². The zero-order chi connectivity index (χ0) is 13.3. The number of benzene rings is 1. The van der Waals surface area contributed by atoms with E-state index in [2.05, 4.69) is 34.5 Å². The molecule has 1 atom stereocenters. The lowest BCUT2D eigenvalue weighted by Crippen LogP contribution is -2.41. The number of aliphatic hydroxyl groups is 1. The largest absolute Gasteiger partial charge is 0.395 e. The lowest BCUT2D eigenvalue weighted by molar-refractivity contribution is 0.209. The van der Waals surface area contributed by atoms with Crippen molar-refractivity contribution in [3.63, 3.8) is 0 Å². The van der Waals surface area contributed by atoms with Crippen LogP contribution in [-0.4, -0.2) is 48.8 Å². The van der Waals surface area contributed by atoms with Gasteiger partial charge in [0.05, 0.1) is 6.61 Å². The number of nitrogens with zero attached hydrogens (tertiary/aromatic N) is 1. The summed E-state index contributed by atoms with van der Waals surface area (Å²) in [5.74, 6) is 0. The molecule has 106 valence electrons. The normalized spacial score (nSPS) is 18.4. The zero-order valence-electron chi connectivity index (χ0n) is 11.7. The number of piperidine rings is 1. The fraction of sp³-hybridized carbons (Fsp3) is 0.625. The van der Waals surface area contributed by atoms with E-state index in [1.807, 2.05) is 6.07 Å². The molecule has 0 bridgehead atoms. The van der Waals surface area contributed by atoms with Crippen LogP contribution in [0.3, 0.4) is 0 Å².